The van der Waals surface area contributed by atoms with Crippen LogP contribution in [0, 0.1) is 0 Å². The van der Waals surface area contributed by atoms with Gasteiger partial charge in [0.1, 0.15) is 0 Å². The lowest BCUT2D eigenvalue weighted by Gasteiger charge is -2.29. The number of isothiocyanates is 1. The van der Waals surface area contributed by atoms with Crippen LogP contribution in [0.5, 0.6) is 0 Å². The molecule has 0 N–H and O–H groups in total. The van der Waals surface area contributed by atoms with E-state index < -0.39 is 0 Å². The maximum absolute atomic E-state index is 5.19. The van der Waals surface area contributed by atoms with Crippen molar-refractivity contribution >= 4 is 17.4 Å². The molecule has 0 spiro atoms. The predicted octanol–water partition coefficient (Wildman–Crippen LogP) is 0.725. The lowest BCUT2D eigenvalue weighted by Crippen LogP contribution is -2.39. The molecule has 56 valence electrons. The van der Waals surface area contributed by atoms with Crippen LogP contribution in [-0.2, 0) is 4.74 Å². The number of hydrazone groups is 1. The Morgan fingerprint density at radius 1 is 1.80 bits per heavy atom. The summed E-state index contributed by atoms with van der Waals surface area (Å²) < 4.78 is 5.19. The zero-order valence-corrected chi connectivity index (χ0v) is 6.73. The molecule has 1 heterocycles. The van der Waals surface area contributed by atoms with E-state index in [4.69, 9.17) is 4.74 Å². The van der Waals surface area contributed by atoms with Crippen LogP contribution in [0.2, 0.25) is 0 Å². The summed E-state index contributed by atoms with van der Waals surface area (Å²) in [4.78, 5) is 0. The van der Waals surface area contributed by atoms with E-state index in [1.165, 1.54) is 0 Å². The lowest BCUT2D eigenvalue weighted by atomic mass is 10.3. The zero-order chi connectivity index (χ0) is 7.40. The van der Waals surface area contributed by atoms with Crippen LogP contribution in [0.25, 0.3) is 0 Å². The van der Waals surface area contributed by atoms with Crippen molar-refractivity contribution in [3.8, 4) is 0 Å². The number of rotatable bonds is 1. The number of ether oxygens (including phenoxy) is 1. The Hall–Kier alpha value is -0.440. The van der Waals surface area contributed by atoms with E-state index in [9.17, 15) is 0 Å². The molecule has 1 aliphatic rings. The maximum atomic E-state index is 5.19. The van der Waals surface area contributed by atoms with Gasteiger partial charge in [-0.25, -0.2) is 0 Å². The predicted molar refractivity (Wildman–Crippen MR) is 42.0 cm³/mol. The molecule has 0 aromatic heterocycles. The van der Waals surface area contributed by atoms with Crippen LogP contribution in [0.4, 0.5) is 0 Å². The summed E-state index contributed by atoms with van der Waals surface area (Å²) in [6.07, 6.45) is 0. The molecule has 10 heavy (non-hydrogen) atoms. The van der Waals surface area contributed by atoms with Crippen molar-refractivity contribution < 1.29 is 4.74 Å². The van der Waals surface area contributed by atoms with Gasteiger partial charge in [-0.2, -0.15) is 0 Å². The minimum Gasteiger partial charge on any atom is -0.377 e. The molecular weight excluding hydrogens is 148 g/mol. The molecule has 1 saturated heterocycles. The molecule has 0 bridgehead atoms. The quantitative estimate of drug-likeness (QED) is 0.415. The van der Waals surface area contributed by atoms with Crippen molar-refractivity contribution in [1.82, 2.24) is 5.01 Å². The van der Waals surface area contributed by atoms with E-state index in [2.05, 4.69) is 29.4 Å². The number of thiocarbonyl (C=S) groups is 1. The fraction of sp³-hybridized carbons (Fsp3) is 0.833. The van der Waals surface area contributed by atoms with E-state index in [1.807, 2.05) is 5.01 Å². The molecule has 1 fully saturated rings. The molecule has 0 radical (unpaired) electrons. The second-order valence-electron chi connectivity index (χ2n) is 2.28. The van der Waals surface area contributed by atoms with Gasteiger partial charge < -0.3 is 4.74 Å². The molecular formula is C6H10N2OS. The fourth-order valence-corrected chi connectivity index (χ4v) is 1.02. The fourth-order valence-electron chi connectivity index (χ4n) is 0.919. The summed E-state index contributed by atoms with van der Waals surface area (Å²) in [6, 6.07) is 0.337. The molecule has 3 nitrogen and oxygen atoms in total. The molecule has 4 heteroatoms. The Bertz CT molecular complexity index is 156. The Kier molecular flexibility index (Phi) is 2.81. The van der Waals surface area contributed by atoms with Gasteiger partial charge in [-0.05, 0) is 19.1 Å². The van der Waals surface area contributed by atoms with Crippen LogP contribution in [0.3, 0.4) is 0 Å². The van der Waals surface area contributed by atoms with Gasteiger partial charge in [0.2, 0.25) is 0 Å². The molecule has 1 rings (SSSR count). The first-order valence-electron chi connectivity index (χ1n) is 3.27. The summed E-state index contributed by atoms with van der Waals surface area (Å²) in [5.74, 6) is 0. The van der Waals surface area contributed by atoms with Gasteiger partial charge in [0.25, 0.3) is 0 Å². The van der Waals surface area contributed by atoms with Crippen molar-refractivity contribution in [2.45, 2.75) is 13.0 Å². The molecule has 0 amide bonds. The summed E-state index contributed by atoms with van der Waals surface area (Å²) in [5.41, 5.74) is 0. The van der Waals surface area contributed by atoms with Gasteiger partial charge in [-0.15, -0.1) is 5.10 Å². The van der Waals surface area contributed by atoms with Gasteiger partial charge in [-0.3, -0.25) is 5.01 Å². The Morgan fingerprint density at radius 3 is 3.20 bits per heavy atom. The Labute approximate surface area is 65.7 Å². The van der Waals surface area contributed by atoms with Gasteiger partial charge in [0.15, 0.2) is 0 Å². The highest BCUT2D eigenvalue weighted by Gasteiger charge is 2.15. The highest BCUT2D eigenvalue weighted by molar-refractivity contribution is 7.78. The van der Waals surface area contributed by atoms with Crippen LogP contribution in [0.15, 0.2) is 5.10 Å². The number of hydrogen-bond acceptors (Lipinski definition) is 4. The highest BCUT2D eigenvalue weighted by Crippen LogP contribution is 2.04. The average Bonchev–Trinajstić information content (AvgIpc) is 1.94. The third-order valence-corrected chi connectivity index (χ3v) is 1.58. The minimum atomic E-state index is 0.337. The first kappa shape index (κ1) is 7.66. The van der Waals surface area contributed by atoms with E-state index in [1.54, 1.807) is 0 Å². The first-order valence-corrected chi connectivity index (χ1v) is 3.67. The molecule has 0 aromatic rings. The van der Waals surface area contributed by atoms with Crippen LogP contribution in [-0.4, -0.2) is 36.0 Å². The molecule has 0 saturated carbocycles. The van der Waals surface area contributed by atoms with Crippen LogP contribution in [0.1, 0.15) is 6.92 Å². The van der Waals surface area contributed by atoms with E-state index in [-0.39, 0.29) is 0 Å². The SMILES string of the molecule is CC1COCCN1N=C=S. The molecule has 1 aliphatic heterocycles. The number of hydrogen-bond donors (Lipinski definition) is 0. The van der Waals surface area contributed by atoms with Gasteiger partial charge in [-0.1, -0.05) is 0 Å². The third-order valence-electron chi connectivity index (χ3n) is 1.50. The first-order chi connectivity index (χ1) is 4.84. The van der Waals surface area contributed by atoms with Crippen molar-refractivity contribution in [2.75, 3.05) is 19.8 Å². The van der Waals surface area contributed by atoms with Crippen molar-refractivity contribution in [3.05, 3.63) is 0 Å². The van der Waals surface area contributed by atoms with Crippen molar-refractivity contribution in [1.29, 1.82) is 0 Å². The summed E-state index contributed by atoms with van der Waals surface area (Å²) in [5, 5.41) is 8.13. The number of nitrogens with zero attached hydrogens (tertiary/aromatic N) is 2. The highest BCUT2D eigenvalue weighted by atomic mass is 32.1. The summed E-state index contributed by atoms with van der Waals surface area (Å²) in [7, 11) is 0. The smallest absolute Gasteiger partial charge is 0.0846 e. The Morgan fingerprint density at radius 2 is 2.60 bits per heavy atom. The second-order valence-corrected chi connectivity index (χ2v) is 2.46. The zero-order valence-electron chi connectivity index (χ0n) is 5.91. The van der Waals surface area contributed by atoms with Gasteiger partial charge in [0.05, 0.1) is 31.0 Å². The van der Waals surface area contributed by atoms with Gasteiger partial charge in [0, 0.05) is 0 Å². The normalized spacial score (nSPS) is 25.7. The largest absolute Gasteiger partial charge is 0.377 e. The third kappa shape index (κ3) is 1.77. The second kappa shape index (κ2) is 3.66. The standard InChI is InChI=1S/C6H10N2OS/c1-6-4-9-3-2-8(6)7-5-10/h6H,2-4H2,1H3. The van der Waals surface area contributed by atoms with Gasteiger partial charge >= 0.3 is 0 Å². The van der Waals surface area contributed by atoms with Crippen LogP contribution < -0.4 is 0 Å². The molecule has 1 atom stereocenters. The summed E-state index contributed by atoms with van der Waals surface area (Å²) in [6.45, 7) is 4.35. The van der Waals surface area contributed by atoms with E-state index >= 15 is 0 Å². The van der Waals surface area contributed by atoms with E-state index in [0.29, 0.717) is 6.04 Å². The average molecular weight is 158 g/mol. The maximum Gasteiger partial charge on any atom is 0.0846 e. The minimum absolute atomic E-state index is 0.337. The van der Waals surface area contributed by atoms with Crippen molar-refractivity contribution in [2.24, 2.45) is 5.10 Å². The number of morpholine rings is 1. The monoisotopic (exact) mass is 158 g/mol. The van der Waals surface area contributed by atoms with Crippen molar-refractivity contribution in [3.63, 3.8) is 0 Å². The van der Waals surface area contributed by atoms with E-state index in [0.717, 1.165) is 19.8 Å². The van der Waals surface area contributed by atoms with Crippen LogP contribution >= 0.6 is 12.2 Å². The molecule has 0 aliphatic carbocycles. The Balaban J connectivity index is 2.47. The topological polar surface area (TPSA) is 24.8 Å². The summed E-state index contributed by atoms with van der Waals surface area (Å²) >= 11 is 4.49. The molecule has 1 unspecified atom stereocenters. The molecule has 0 aromatic carbocycles. The lowest BCUT2D eigenvalue weighted by molar-refractivity contribution is 0.00158.